The maximum atomic E-state index is 4.19. The van der Waals surface area contributed by atoms with Crippen molar-refractivity contribution in [3.8, 4) is 0 Å². The average molecular weight is 206 g/mol. The van der Waals surface area contributed by atoms with Gasteiger partial charge in [0.25, 0.3) is 0 Å². The first-order valence-corrected chi connectivity index (χ1v) is 5.05. The summed E-state index contributed by atoms with van der Waals surface area (Å²) in [5.74, 6) is 0.651. The molecule has 0 atom stereocenters. The molecule has 72 valence electrons. The standard InChI is InChI=1S/C9H10N4S/c1-7-5-8(14-13-7)6-12-9-10-3-2-4-11-9/h2-5H,6H2,1H3,(H,10,11,12). The quantitative estimate of drug-likeness (QED) is 0.832. The highest BCUT2D eigenvalue weighted by atomic mass is 32.1. The molecular weight excluding hydrogens is 196 g/mol. The molecule has 0 aromatic carbocycles. The van der Waals surface area contributed by atoms with Gasteiger partial charge in [0.15, 0.2) is 0 Å². The fourth-order valence-electron chi connectivity index (χ4n) is 1.06. The molecule has 0 amide bonds. The third kappa shape index (κ3) is 2.26. The van der Waals surface area contributed by atoms with Gasteiger partial charge in [-0.15, -0.1) is 0 Å². The van der Waals surface area contributed by atoms with E-state index in [1.165, 1.54) is 16.4 Å². The first kappa shape index (κ1) is 9.08. The lowest BCUT2D eigenvalue weighted by molar-refractivity contribution is 1.07. The minimum Gasteiger partial charge on any atom is -0.349 e. The van der Waals surface area contributed by atoms with Crippen LogP contribution < -0.4 is 5.32 Å². The number of aryl methyl sites for hydroxylation is 1. The van der Waals surface area contributed by atoms with Crippen LogP contribution in [0.1, 0.15) is 10.6 Å². The van der Waals surface area contributed by atoms with Crippen molar-refractivity contribution in [3.05, 3.63) is 35.1 Å². The molecule has 0 fully saturated rings. The summed E-state index contributed by atoms with van der Waals surface area (Å²) in [5.41, 5.74) is 1.06. The van der Waals surface area contributed by atoms with Gasteiger partial charge in [0, 0.05) is 17.3 Å². The van der Waals surface area contributed by atoms with Crippen molar-refractivity contribution in [3.63, 3.8) is 0 Å². The van der Waals surface area contributed by atoms with Crippen molar-refractivity contribution in [2.45, 2.75) is 13.5 Å². The molecule has 2 aromatic heterocycles. The Morgan fingerprint density at radius 1 is 1.36 bits per heavy atom. The first-order chi connectivity index (χ1) is 6.84. The van der Waals surface area contributed by atoms with Crippen LogP contribution >= 0.6 is 11.5 Å². The Bertz CT molecular complexity index is 398. The molecule has 0 aliphatic rings. The van der Waals surface area contributed by atoms with Gasteiger partial charge in [0.2, 0.25) is 5.95 Å². The number of nitrogens with zero attached hydrogens (tertiary/aromatic N) is 3. The molecule has 0 spiro atoms. The molecule has 0 saturated heterocycles. The highest BCUT2D eigenvalue weighted by Crippen LogP contribution is 2.10. The average Bonchev–Trinajstić information content (AvgIpc) is 2.63. The number of aromatic nitrogens is 3. The summed E-state index contributed by atoms with van der Waals surface area (Å²) in [6.45, 7) is 2.72. The van der Waals surface area contributed by atoms with E-state index in [4.69, 9.17) is 0 Å². The van der Waals surface area contributed by atoms with Crippen molar-refractivity contribution in [1.29, 1.82) is 0 Å². The van der Waals surface area contributed by atoms with Crippen LogP contribution in [0.5, 0.6) is 0 Å². The number of hydrogen-bond donors (Lipinski definition) is 1. The van der Waals surface area contributed by atoms with Crippen LogP contribution in [0.25, 0.3) is 0 Å². The minimum absolute atomic E-state index is 0.651. The van der Waals surface area contributed by atoms with E-state index in [0.717, 1.165) is 12.2 Å². The summed E-state index contributed by atoms with van der Waals surface area (Å²) >= 11 is 1.50. The summed E-state index contributed by atoms with van der Waals surface area (Å²) < 4.78 is 4.19. The van der Waals surface area contributed by atoms with Gasteiger partial charge in [-0.2, -0.15) is 4.37 Å². The highest BCUT2D eigenvalue weighted by Gasteiger charge is 1.98. The van der Waals surface area contributed by atoms with E-state index < -0.39 is 0 Å². The normalized spacial score (nSPS) is 10.1. The Balaban J connectivity index is 1.95. The monoisotopic (exact) mass is 206 g/mol. The second-order valence-corrected chi connectivity index (χ2v) is 3.75. The lowest BCUT2D eigenvalue weighted by Gasteiger charge is -2.00. The van der Waals surface area contributed by atoms with Crippen molar-refractivity contribution >= 4 is 17.5 Å². The van der Waals surface area contributed by atoms with Crippen molar-refractivity contribution in [2.24, 2.45) is 0 Å². The molecule has 0 saturated carbocycles. The zero-order valence-electron chi connectivity index (χ0n) is 7.77. The number of rotatable bonds is 3. The maximum absolute atomic E-state index is 4.19. The van der Waals surface area contributed by atoms with Gasteiger partial charge < -0.3 is 5.32 Å². The molecule has 0 radical (unpaired) electrons. The maximum Gasteiger partial charge on any atom is 0.222 e. The SMILES string of the molecule is Cc1cc(CNc2ncccn2)sn1. The third-order valence-corrected chi connectivity index (χ3v) is 2.54. The lowest BCUT2D eigenvalue weighted by Crippen LogP contribution is -2.01. The van der Waals surface area contributed by atoms with Crippen molar-refractivity contribution in [1.82, 2.24) is 14.3 Å². The molecule has 0 aliphatic heterocycles. The van der Waals surface area contributed by atoms with E-state index >= 15 is 0 Å². The lowest BCUT2D eigenvalue weighted by atomic mass is 10.4. The van der Waals surface area contributed by atoms with Gasteiger partial charge in [-0.3, -0.25) is 0 Å². The van der Waals surface area contributed by atoms with E-state index in [1.807, 2.05) is 6.92 Å². The van der Waals surface area contributed by atoms with Crippen molar-refractivity contribution in [2.75, 3.05) is 5.32 Å². The first-order valence-electron chi connectivity index (χ1n) is 4.28. The fraction of sp³-hybridized carbons (Fsp3) is 0.222. The third-order valence-electron chi connectivity index (χ3n) is 1.66. The summed E-state index contributed by atoms with van der Waals surface area (Å²) in [6.07, 6.45) is 3.43. The molecule has 14 heavy (non-hydrogen) atoms. The zero-order chi connectivity index (χ0) is 9.80. The molecule has 1 N–H and O–H groups in total. The Hall–Kier alpha value is -1.49. The molecule has 0 aliphatic carbocycles. The topological polar surface area (TPSA) is 50.7 Å². The summed E-state index contributed by atoms with van der Waals surface area (Å²) in [6, 6.07) is 3.85. The second kappa shape index (κ2) is 4.15. The number of anilines is 1. The van der Waals surface area contributed by atoms with E-state index in [0.29, 0.717) is 5.95 Å². The predicted molar refractivity (Wildman–Crippen MR) is 56.2 cm³/mol. The van der Waals surface area contributed by atoms with Gasteiger partial charge >= 0.3 is 0 Å². The van der Waals surface area contributed by atoms with Crippen LogP contribution in [-0.4, -0.2) is 14.3 Å². The van der Waals surface area contributed by atoms with Crippen LogP contribution in [0.4, 0.5) is 5.95 Å². The predicted octanol–water partition coefficient (Wildman–Crippen LogP) is 1.85. The van der Waals surface area contributed by atoms with Crippen molar-refractivity contribution < 1.29 is 0 Å². The summed E-state index contributed by atoms with van der Waals surface area (Å²) in [7, 11) is 0. The fourth-order valence-corrected chi connectivity index (χ4v) is 1.73. The van der Waals surface area contributed by atoms with Gasteiger partial charge in [0.1, 0.15) is 0 Å². The summed E-state index contributed by atoms with van der Waals surface area (Å²) in [4.78, 5) is 9.31. The minimum atomic E-state index is 0.651. The molecule has 2 heterocycles. The Labute approximate surface area is 86.2 Å². The zero-order valence-corrected chi connectivity index (χ0v) is 8.58. The van der Waals surface area contributed by atoms with Crippen LogP contribution in [0.3, 0.4) is 0 Å². The Kier molecular flexibility index (Phi) is 2.69. The van der Waals surface area contributed by atoms with Gasteiger partial charge in [0.05, 0.1) is 12.2 Å². The number of nitrogens with one attached hydrogen (secondary N) is 1. The molecule has 2 aromatic rings. The Morgan fingerprint density at radius 2 is 2.14 bits per heavy atom. The Morgan fingerprint density at radius 3 is 2.79 bits per heavy atom. The van der Waals surface area contributed by atoms with Gasteiger partial charge in [-0.05, 0) is 30.6 Å². The van der Waals surface area contributed by atoms with Crippen LogP contribution in [0.2, 0.25) is 0 Å². The molecule has 5 heteroatoms. The van der Waals surface area contributed by atoms with Gasteiger partial charge in [-0.25, -0.2) is 9.97 Å². The molecule has 4 nitrogen and oxygen atoms in total. The van der Waals surface area contributed by atoms with E-state index in [1.54, 1.807) is 18.5 Å². The smallest absolute Gasteiger partial charge is 0.222 e. The van der Waals surface area contributed by atoms with E-state index in [-0.39, 0.29) is 0 Å². The van der Waals surface area contributed by atoms with E-state index in [9.17, 15) is 0 Å². The summed E-state index contributed by atoms with van der Waals surface area (Å²) in [5, 5.41) is 3.12. The van der Waals surface area contributed by atoms with E-state index in [2.05, 4.69) is 25.7 Å². The largest absolute Gasteiger partial charge is 0.349 e. The molecule has 0 unspecified atom stereocenters. The second-order valence-electron chi connectivity index (χ2n) is 2.86. The van der Waals surface area contributed by atoms with Gasteiger partial charge in [-0.1, -0.05) is 0 Å². The van der Waals surface area contributed by atoms with Crippen LogP contribution in [0, 0.1) is 6.92 Å². The highest BCUT2D eigenvalue weighted by molar-refractivity contribution is 7.05. The van der Waals surface area contributed by atoms with Crippen LogP contribution in [0.15, 0.2) is 24.5 Å². The molecular formula is C9H10N4S. The number of hydrogen-bond acceptors (Lipinski definition) is 5. The molecule has 0 bridgehead atoms. The van der Waals surface area contributed by atoms with Crippen LogP contribution in [-0.2, 0) is 6.54 Å². The molecule has 2 rings (SSSR count).